The molecule has 0 fully saturated rings. The maximum Gasteiger partial charge on any atom is 0.115 e. The summed E-state index contributed by atoms with van der Waals surface area (Å²) in [4.78, 5) is 0. The Hall–Kier alpha value is -2.02. The first kappa shape index (κ1) is 14.0. The second-order valence-corrected chi connectivity index (χ2v) is 3.98. The molecule has 1 rings (SSSR count). The molecule has 0 heterocycles. The van der Waals surface area contributed by atoms with Crippen LogP contribution in [-0.2, 0) is 0 Å². The van der Waals surface area contributed by atoms with Crippen LogP contribution in [0, 0.1) is 0 Å². The van der Waals surface area contributed by atoms with Gasteiger partial charge < -0.3 is 5.11 Å². The largest absolute Gasteiger partial charge is 0.508 e. The Kier molecular flexibility index (Phi) is 7.07. The zero-order valence-corrected chi connectivity index (χ0v) is 10.6. The summed E-state index contributed by atoms with van der Waals surface area (Å²) < 4.78 is 0. The van der Waals surface area contributed by atoms with Crippen LogP contribution in [0.4, 0.5) is 0 Å². The Labute approximate surface area is 109 Å². The number of aliphatic hydroxyl groups is 1. The Morgan fingerprint density at radius 3 is 2.67 bits per heavy atom. The van der Waals surface area contributed by atoms with Crippen molar-refractivity contribution < 1.29 is 5.11 Å². The summed E-state index contributed by atoms with van der Waals surface area (Å²) in [5.74, 6) is 0.279. The van der Waals surface area contributed by atoms with Crippen LogP contribution in [0.5, 0.6) is 0 Å². The second kappa shape index (κ2) is 9.06. The molecule has 1 heteroatoms. The predicted octanol–water partition coefficient (Wildman–Crippen LogP) is 5.05. The summed E-state index contributed by atoms with van der Waals surface area (Å²) in [6, 6.07) is 10.0. The van der Waals surface area contributed by atoms with Gasteiger partial charge in [0.05, 0.1) is 0 Å². The van der Waals surface area contributed by atoms with E-state index in [-0.39, 0.29) is 5.76 Å². The Morgan fingerprint density at radius 2 is 1.94 bits per heavy atom. The van der Waals surface area contributed by atoms with Crippen molar-refractivity contribution >= 4 is 6.08 Å². The van der Waals surface area contributed by atoms with Crippen molar-refractivity contribution in [1.82, 2.24) is 0 Å². The van der Waals surface area contributed by atoms with Crippen LogP contribution in [0.2, 0.25) is 0 Å². The first-order chi connectivity index (χ1) is 8.83. The van der Waals surface area contributed by atoms with Gasteiger partial charge in [-0.1, -0.05) is 54.6 Å². The molecule has 1 aromatic carbocycles. The monoisotopic (exact) mass is 240 g/mol. The van der Waals surface area contributed by atoms with Crippen LogP contribution in [-0.4, -0.2) is 5.11 Å². The highest BCUT2D eigenvalue weighted by Gasteiger charge is 1.84. The highest BCUT2D eigenvalue weighted by Crippen LogP contribution is 2.03. The van der Waals surface area contributed by atoms with Gasteiger partial charge in [-0.3, -0.25) is 0 Å². The molecule has 0 radical (unpaired) electrons. The maximum atomic E-state index is 9.59. The molecular formula is C17H20O. The molecule has 0 saturated heterocycles. The van der Waals surface area contributed by atoms with Gasteiger partial charge >= 0.3 is 0 Å². The molecule has 0 amide bonds. The standard InChI is InChI=1S/C17H20O/c1-2-3-4-5-9-14-17(18)15-10-13-16-11-7-6-8-12-16/h2,6-15,18H,1,3-5H2. The van der Waals surface area contributed by atoms with E-state index < -0.39 is 0 Å². The van der Waals surface area contributed by atoms with Crippen LogP contribution >= 0.6 is 0 Å². The van der Waals surface area contributed by atoms with Gasteiger partial charge in [0.1, 0.15) is 5.76 Å². The summed E-state index contributed by atoms with van der Waals surface area (Å²) >= 11 is 0. The number of unbranched alkanes of at least 4 members (excludes halogenated alkanes) is 2. The van der Waals surface area contributed by atoms with Crippen molar-refractivity contribution in [1.29, 1.82) is 0 Å². The van der Waals surface area contributed by atoms with E-state index in [0.29, 0.717) is 0 Å². The van der Waals surface area contributed by atoms with Crippen molar-refractivity contribution in [2.45, 2.75) is 19.3 Å². The fourth-order valence-corrected chi connectivity index (χ4v) is 1.46. The minimum Gasteiger partial charge on any atom is -0.508 e. The Bertz CT molecular complexity index is 424. The van der Waals surface area contributed by atoms with E-state index in [4.69, 9.17) is 0 Å². The number of allylic oxidation sites excluding steroid dienone is 5. The predicted molar refractivity (Wildman–Crippen MR) is 79.4 cm³/mol. The number of rotatable bonds is 7. The van der Waals surface area contributed by atoms with Crippen molar-refractivity contribution in [3.8, 4) is 0 Å². The van der Waals surface area contributed by atoms with Gasteiger partial charge in [-0.2, -0.15) is 0 Å². The van der Waals surface area contributed by atoms with Crippen LogP contribution in [0.3, 0.4) is 0 Å². The molecular weight excluding hydrogens is 220 g/mol. The van der Waals surface area contributed by atoms with Crippen LogP contribution in [0.15, 0.2) is 73.1 Å². The van der Waals surface area contributed by atoms with E-state index in [1.54, 1.807) is 12.2 Å². The molecule has 1 nitrogen and oxygen atoms in total. The number of hydrogen-bond donors (Lipinski definition) is 1. The highest BCUT2D eigenvalue weighted by atomic mass is 16.3. The maximum absolute atomic E-state index is 9.59. The van der Waals surface area contributed by atoms with Gasteiger partial charge in [-0.15, -0.1) is 6.58 Å². The molecule has 0 saturated carbocycles. The number of benzene rings is 1. The van der Waals surface area contributed by atoms with Crippen molar-refractivity contribution in [2.75, 3.05) is 0 Å². The minimum absolute atomic E-state index is 0.279. The average Bonchev–Trinajstić information content (AvgIpc) is 2.40. The third-order valence-electron chi connectivity index (χ3n) is 2.42. The molecule has 0 unspecified atom stereocenters. The van der Waals surface area contributed by atoms with Gasteiger partial charge in [0.15, 0.2) is 0 Å². The molecule has 18 heavy (non-hydrogen) atoms. The van der Waals surface area contributed by atoms with E-state index in [2.05, 4.69) is 6.58 Å². The number of hydrogen-bond acceptors (Lipinski definition) is 1. The Morgan fingerprint density at radius 1 is 1.17 bits per heavy atom. The minimum atomic E-state index is 0.279. The third-order valence-corrected chi connectivity index (χ3v) is 2.42. The fourth-order valence-electron chi connectivity index (χ4n) is 1.46. The summed E-state index contributed by atoms with van der Waals surface area (Å²) in [5.41, 5.74) is 1.12. The van der Waals surface area contributed by atoms with Crippen molar-refractivity contribution in [3.63, 3.8) is 0 Å². The molecule has 0 aromatic heterocycles. The molecule has 0 bridgehead atoms. The fraction of sp³-hybridized carbons (Fsp3) is 0.176. The van der Waals surface area contributed by atoms with Crippen molar-refractivity contribution in [3.05, 3.63) is 78.6 Å². The molecule has 1 N–H and O–H groups in total. The van der Waals surface area contributed by atoms with E-state index in [9.17, 15) is 5.11 Å². The van der Waals surface area contributed by atoms with E-state index in [1.807, 2.05) is 54.6 Å². The highest BCUT2D eigenvalue weighted by molar-refractivity contribution is 5.51. The van der Waals surface area contributed by atoms with E-state index in [0.717, 1.165) is 24.8 Å². The first-order valence-corrected chi connectivity index (χ1v) is 6.23. The molecule has 0 aliphatic heterocycles. The van der Waals surface area contributed by atoms with Crippen LogP contribution in [0.1, 0.15) is 24.8 Å². The van der Waals surface area contributed by atoms with Gasteiger partial charge in [0.25, 0.3) is 0 Å². The summed E-state index contributed by atoms with van der Waals surface area (Å²) in [6.07, 6.45) is 14.2. The third kappa shape index (κ3) is 6.54. The quantitative estimate of drug-likeness (QED) is 0.306. The second-order valence-electron chi connectivity index (χ2n) is 3.98. The van der Waals surface area contributed by atoms with Gasteiger partial charge in [0, 0.05) is 0 Å². The average molecular weight is 240 g/mol. The zero-order valence-electron chi connectivity index (χ0n) is 10.6. The molecule has 1 aromatic rings. The van der Waals surface area contributed by atoms with Crippen molar-refractivity contribution in [2.24, 2.45) is 0 Å². The molecule has 94 valence electrons. The van der Waals surface area contributed by atoms with E-state index in [1.165, 1.54) is 0 Å². The molecule has 0 spiro atoms. The first-order valence-electron chi connectivity index (χ1n) is 6.23. The summed E-state index contributed by atoms with van der Waals surface area (Å²) in [6.45, 7) is 3.67. The summed E-state index contributed by atoms with van der Waals surface area (Å²) in [7, 11) is 0. The molecule has 0 atom stereocenters. The molecule has 0 aliphatic carbocycles. The van der Waals surface area contributed by atoms with Crippen LogP contribution < -0.4 is 0 Å². The normalized spacial score (nSPS) is 12.3. The van der Waals surface area contributed by atoms with E-state index >= 15 is 0 Å². The smallest absolute Gasteiger partial charge is 0.115 e. The van der Waals surface area contributed by atoms with Gasteiger partial charge in [0.2, 0.25) is 0 Å². The lowest BCUT2D eigenvalue weighted by molar-refractivity contribution is 0.432. The van der Waals surface area contributed by atoms with Gasteiger partial charge in [-0.05, 0) is 37.0 Å². The summed E-state index contributed by atoms with van der Waals surface area (Å²) in [5, 5.41) is 9.59. The van der Waals surface area contributed by atoms with Gasteiger partial charge in [-0.25, -0.2) is 0 Å². The lowest BCUT2D eigenvalue weighted by Crippen LogP contribution is -1.74. The SMILES string of the molecule is C=CCCCC=CC(O)=CC=Cc1ccccc1. The lowest BCUT2D eigenvalue weighted by atomic mass is 10.2. The lowest BCUT2D eigenvalue weighted by Gasteiger charge is -1.91. The zero-order chi connectivity index (χ0) is 13.1. The van der Waals surface area contributed by atoms with Crippen LogP contribution in [0.25, 0.3) is 6.08 Å². The topological polar surface area (TPSA) is 20.2 Å². The Balaban J connectivity index is 2.37. The number of aliphatic hydroxyl groups excluding tert-OH is 1. The molecule has 0 aliphatic rings.